The van der Waals surface area contributed by atoms with Gasteiger partial charge in [0.05, 0.1) is 11.6 Å². The highest BCUT2D eigenvalue weighted by atomic mass is 16.5. The van der Waals surface area contributed by atoms with Gasteiger partial charge in [-0.25, -0.2) is 0 Å². The van der Waals surface area contributed by atoms with E-state index in [9.17, 15) is 9.59 Å². The third-order valence-electron chi connectivity index (χ3n) is 5.50. The van der Waals surface area contributed by atoms with Crippen molar-refractivity contribution in [2.45, 2.75) is 38.5 Å². The van der Waals surface area contributed by atoms with Crippen LogP contribution in [0.2, 0.25) is 0 Å². The molecule has 9 heteroatoms. The Bertz CT molecular complexity index is 858. The van der Waals surface area contributed by atoms with Crippen molar-refractivity contribution >= 4 is 11.8 Å². The van der Waals surface area contributed by atoms with Gasteiger partial charge in [-0.15, -0.1) is 0 Å². The SMILES string of the molecule is CC(=O)N1CCC(c2noc(C3CN(C(=O)c4cc(C)nn4C)C3)n2)CC1. The number of hydrogen-bond donors (Lipinski definition) is 0. The maximum Gasteiger partial charge on any atom is 0.272 e. The average molecular weight is 372 g/mol. The van der Waals surface area contributed by atoms with Gasteiger partial charge < -0.3 is 14.3 Å². The van der Waals surface area contributed by atoms with Crippen LogP contribution in [0.4, 0.5) is 0 Å². The molecule has 0 aliphatic carbocycles. The van der Waals surface area contributed by atoms with Crippen LogP contribution in [-0.2, 0) is 11.8 Å². The molecule has 0 spiro atoms. The van der Waals surface area contributed by atoms with E-state index in [2.05, 4.69) is 15.2 Å². The quantitative estimate of drug-likeness (QED) is 0.800. The standard InChI is InChI=1S/C18H24N6O3/c1-11-8-15(22(3)20-11)18(26)24-9-14(10-24)17-19-16(21-27-17)13-4-6-23(7-5-13)12(2)25/h8,13-14H,4-7,9-10H2,1-3H3. The average Bonchev–Trinajstić information content (AvgIpc) is 3.20. The molecule has 2 fully saturated rings. The van der Waals surface area contributed by atoms with E-state index in [1.807, 2.05) is 11.8 Å². The van der Waals surface area contributed by atoms with Crippen LogP contribution in [0.25, 0.3) is 0 Å². The van der Waals surface area contributed by atoms with Crippen molar-refractivity contribution in [3.8, 4) is 0 Å². The first-order valence-corrected chi connectivity index (χ1v) is 9.31. The Morgan fingerprint density at radius 2 is 1.85 bits per heavy atom. The van der Waals surface area contributed by atoms with E-state index >= 15 is 0 Å². The Morgan fingerprint density at radius 3 is 2.44 bits per heavy atom. The molecule has 0 atom stereocenters. The second-order valence-electron chi connectivity index (χ2n) is 7.47. The van der Waals surface area contributed by atoms with Gasteiger partial charge in [0.1, 0.15) is 5.69 Å². The van der Waals surface area contributed by atoms with Gasteiger partial charge >= 0.3 is 0 Å². The lowest BCUT2D eigenvalue weighted by Crippen LogP contribution is -2.49. The molecule has 2 saturated heterocycles. The zero-order valence-electron chi connectivity index (χ0n) is 15.9. The minimum absolute atomic E-state index is 0.0225. The van der Waals surface area contributed by atoms with Crippen LogP contribution in [0, 0.1) is 6.92 Å². The van der Waals surface area contributed by atoms with Crippen molar-refractivity contribution in [1.29, 1.82) is 0 Å². The fourth-order valence-corrected chi connectivity index (χ4v) is 3.80. The van der Waals surface area contributed by atoms with Crippen molar-refractivity contribution in [2.24, 2.45) is 7.05 Å². The molecule has 4 heterocycles. The van der Waals surface area contributed by atoms with E-state index in [1.54, 1.807) is 29.6 Å². The van der Waals surface area contributed by atoms with Crippen LogP contribution in [-0.4, -0.2) is 67.7 Å². The zero-order chi connectivity index (χ0) is 19.1. The number of carbonyl (C=O) groups excluding carboxylic acids is 2. The number of rotatable bonds is 3. The third kappa shape index (κ3) is 3.33. The number of likely N-dealkylation sites (tertiary alicyclic amines) is 2. The highest BCUT2D eigenvalue weighted by Crippen LogP contribution is 2.31. The predicted octanol–water partition coefficient (Wildman–Crippen LogP) is 1.08. The summed E-state index contributed by atoms with van der Waals surface area (Å²) in [7, 11) is 1.78. The zero-order valence-corrected chi connectivity index (χ0v) is 15.9. The molecule has 0 bridgehead atoms. The van der Waals surface area contributed by atoms with Gasteiger partial charge in [-0.1, -0.05) is 5.16 Å². The van der Waals surface area contributed by atoms with Crippen LogP contribution in [0.5, 0.6) is 0 Å². The predicted molar refractivity (Wildman–Crippen MR) is 95.1 cm³/mol. The lowest BCUT2D eigenvalue weighted by molar-refractivity contribution is -0.129. The largest absolute Gasteiger partial charge is 0.343 e. The van der Waals surface area contributed by atoms with Crippen molar-refractivity contribution in [1.82, 2.24) is 29.7 Å². The van der Waals surface area contributed by atoms with E-state index < -0.39 is 0 Å². The van der Waals surface area contributed by atoms with Crippen molar-refractivity contribution in [3.05, 3.63) is 29.2 Å². The Kier molecular flexibility index (Phi) is 4.45. The van der Waals surface area contributed by atoms with Gasteiger partial charge in [0.2, 0.25) is 11.8 Å². The number of amides is 2. The van der Waals surface area contributed by atoms with Crippen LogP contribution in [0.15, 0.2) is 10.6 Å². The molecule has 0 aromatic carbocycles. The van der Waals surface area contributed by atoms with Gasteiger partial charge in [0.25, 0.3) is 5.91 Å². The minimum Gasteiger partial charge on any atom is -0.343 e. The molecule has 0 unspecified atom stereocenters. The van der Waals surface area contributed by atoms with Gasteiger partial charge in [0, 0.05) is 46.1 Å². The molecular formula is C18H24N6O3. The summed E-state index contributed by atoms with van der Waals surface area (Å²) in [4.78, 5) is 32.2. The number of carbonyl (C=O) groups is 2. The van der Waals surface area contributed by atoms with Crippen molar-refractivity contribution in [3.63, 3.8) is 0 Å². The lowest BCUT2D eigenvalue weighted by atomic mass is 9.95. The molecule has 27 heavy (non-hydrogen) atoms. The van der Waals surface area contributed by atoms with Gasteiger partial charge in [-0.2, -0.15) is 10.1 Å². The van der Waals surface area contributed by atoms with E-state index in [-0.39, 0.29) is 23.7 Å². The summed E-state index contributed by atoms with van der Waals surface area (Å²) in [6, 6.07) is 1.80. The summed E-state index contributed by atoms with van der Waals surface area (Å²) in [5.74, 6) is 1.73. The molecule has 2 aliphatic heterocycles. The molecule has 0 radical (unpaired) electrons. The second kappa shape index (κ2) is 6.79. The Labute approximate surface area is 157 Å². The number of aryl methyl sites for hydroxylation is 2. The van der Waals surface area contributed by atoms with Gasteiger partial charge in [-0.3, -0.25) is 14.3 Å². The van der Waals surface area contributed by atoms with Gasteiger partial charge in [-0.05, 0) is 25.8 Å². The Morgan fingerprint density at radius 1 is 1.15 bits per heavy atom. The van der Waals surface area contributed by atoms with E-state index in [0.717, 1.165) is 37.4 Å². The maximum absolute atomic E-state index is 12.5. The maximum atomic E-state index is 12.5. The molecule has 0 saturated carbocycles. The first-order chi connectivity index (χ1) is 12.9. The lowest BCUT2D eigenvalue weighted by Gasteiger charge is -2.36. The number of hydrogen-bond acceptors (Lipinski definition) is 6. The molecule has 2 aromatic heterocycles. The molecule has 2 amide bonds. The smallest absolute Gasteiger partial charge is 0.272 e. The fraction of sp³-hybridized carbons (Fsp3) is 0.611. The summed E-state index contributed by atoms with van der Waals surface area (Å²) in [5.41, 5.74) is 1.42. The minimum atomic E-state index is -0.0225. The molecule has 9 nitrogen and oxygen atoms in total. The number of nitrogens with zero attached hydrogens (tertiary/aromatic N) is 6. The molecule has 0 N–H and O–H groups in total. The summed E-state index contributed by atoms with van der Waals surface area (Å²) in [6.45, 7) is 6.10. The number of aromatic nitrogens is 4. The summed E-state index contributed by atoms with van der Waals surface area (Å²) in [6.07, 6.45) is 1.71. The first-order valence-electron chi connectivity index (χ1n) is 9.31. The molecular weight excluding hydrogens is 348 g/mol. The molecule has 144 valence electrons. The Hall–Kier alpha value is -2.71. The van der Waals surface area contributed by atoms with Crippen molar-refractivity contribution < 1.29 is 14.1 Å². The topological polar surface area (TPSA) is 97.4 Å². The molecule has 4 rings (SSSR count). The first kappa shape index (κ1) is 17.7. The van der Waals surface area contributed by atoms with Crippen molar-refractivity contribution in [2.75, 3.05) is 26.2 Å². The van der Waals surface area contributed by atoms with Crippen LogP contribution in [0.1, 0.15) is 59.5 Å². The van der Waals surface area contributed by atoms with Crippen LogP contribution < -0.4 is 0 Å². The van der Waals surface area contributed by atoms with E-state index in [1.165, 1.54) is 0 Å². The second-order valence-corrected chi connectivity index (χ2v) is 7.47. The summed E-state index contributed by atoms with van der Waals surface area (Å²) >= 11 is 0. The summed E-state index contributed by atoms with van der Waals surface area (Å²) in [5, 5.41) is 8.38. The van der Waals surface area contributed by atoms with Crippen LogP contribution in [0.3, 0.4) is 0 Å². The third-order valence-corrected chi connectivity index (χ3v) is 5.50. The summed E-state index contributed by atoms with van der Waals surface area (Å²) < 4.78 is 7.07. The highest BCUT2D eigenvalue weighted by Gasteiger charge is 2.37. The molecule has 2 aliphatic rings. The normalized spacial score (nSPS) is 18.6. The van der Waals surface area contributed by atoms with E-state index in [0.29, 0.717) is 24.7 Å². The Balaban J connectivity index is 1.34. The van der Waals surface area contributed by atoms with E-state index in [4.69, 9.17) is 4.52 Å². The monoisotopic (exact) mass is 372 g/mol. The molecule has 2 aromatic rings. The number of piperidine rings is 1. The van der Waals surface area contributed by atoms with Gasteiger partial charge in [0.15, 0.2) is 5.82 Å². The highest BCUT2D eigenvalue weighted by molar-refractivity contribution is 5.93. The van der Waals surface area contributed by atoms with Crippen LogP contribution >= 0.6 is 0 Å². The fourth-order valence-electron chi connectivity index (χ4n) is 3.80.